The fourth-order valence-electron chi connectivity index (χ4n) is 4.68. The van der Waals surface area contributed by atoms with Gasteiger partial charge in [0.1, 0.15) is 5.82 Å². The first-order valence-corrected chi connectivity index (χ1v) is 12.2. The van der Waals surface area contributed by atoms with Crippen molar-refractivity contribution in [2.75, 3.05) is 63.8 Å². The van der Waals surface area contributed by atoms with Crippen LogP contribution in [0.3, 0.4) is 0 Å². The third-order valence-corrected chi connectivity index (χ3v) is 6.62. The molecule has 0 aliphatic carbocycles. The third kappa shape index (κ3) is 6.48. The summed E-state index contributed by atoms with van der Waals surface area (Å²) in [5, 5.41) is 3.15. The zero-order chi connectivity index (χ0) is 23.0. The first kappa shape index (κ1) is 23.6. The van der Waals surface area contributed by atoms with Crippen molar-refractivity contribution in [2.24, 2.45) is 5.92 Å². The Morgan fingerprint density at radius 3 is 2.33 bits per heavy atom. The highest BCUT2D eigenvalue weighted by Gasteiger charge is 2.27. The van der Waals surface area contributed by atoms with Gasteiger partial charge in [0.15, 0.2) is 0 Å². The molecule has 1 atom stereocenters. The summed E-state index contributed by atoms with van der Waals surface area (Å²) in [6.45, 7) is 10.9. The van der Waals surface area contributed by atoms with E-state index in [4.69, 9.17) is 0 Å². The quantitative estimate of drug-likeness (QED) is 0.662. The molecule has 2 saturated heterocycles. The molecule has 2 fully saturated rings. The number of amides is 1. The van der Waals surface area contributed by atoms with Crippen LogP contribution in [0.15, 0.2) is 36.7 Å². The Morgan fingerprint density at radius 1 is 1.00 bits per heavy atom. The fraction of sp³-hybridized carbons (Fsp3) is 0.560. The van der Waals surface area contributed by atoms with E-state index in [2.05, 4.69) is 36.9 Å². The van der Waals surface area contributed by atoms with Crippen LogP contribution in [0.4, 0.5) is 10.3 Å². The molecule has 1 amide bonds. The minimum absolute atomic E-state index is 0.0412. The Hall–Kier alpha value is -2.58. The van der Waals surface area contributed by atoms with E-state index < -0.39 is 0 Å². The van der Waals surface area contributed by atoms with E-state index in [9.17, 15) is 9.18 Å². The molecule has 33 heavy (non-hydrogen) atoms. The number of carbonyl (C=O) groups excluding carboxylic acids is 1. The van der Waals surface area contributed by atoms with E-state index >= 15 is 0 Å². The average molecular weight is 455 g/mol. The normalized spacial score (nSPS) is 20.1. The number of hydrogen-bond donors (Lipinski definition) is 1. The number of piperidine rings is 1. The maximum atomic E-state index is 13.1. The smallest absolute Gasteiger partial charge is 0.225 e. The number of aromatic nitrogens is 2. The Bertz CT molecular complexity index is 883. The number of anilines is 1. The van der Waals surface area contributed by atoms with Crippen molar-refractivity contribution < 1.29 is 9.18 Å². The zero-order valence-electron chi connectivity index (χ0n) is 19.5. The standard InChI is InChI=1S/C25H35FN6O/c1-2-10-30-13-15-31(16-14-30)12-9-27-24(33)21-4-3-11-32(19-21)25-28-17-22(18-29-25)20-5-7-23(26)8-6-20/h5-8,17-18,21H,2-4,9-16,19H2,1H3,(H,27,33). The molecule has 2 aliphatic heterocycles. The van der Waals surface area contributed by atoms with Crippen molar-refractivity contribution in [1.29, 1.82) is 0 Å². The van der Waals surface area contributed by atoms with Crippen LogP contribution in [0.5, 0.6) is 0 Å². The van der Waals surface area contributed by atoms with Crippen molar-refractivity contribution in [2.45, 2.75) is 26.2 Å². The van der Waals surface area contributed by atoms with E-state index in [0.717, 1.165) is 63.2 Å². The highest BCUT2D eigenvalue weighted by Crippen LogP contribution is 2.23. The molecule has 2 aromatic rings. The Morgan fingerprint density at radius 2 is 1.67 bits per heavy atom. The van der Waals surface area contributed by atoms with Crippen molar-refractivity contribution in [3.63, 3.8) is 0 Å². The largest absolute Gasteiger partial charge is 0.355 e. The molecular formula is C25H35FN6O. The molecule has 0 spiro atoms. The minimum Gasteiger partial charge on any atom is -0.355 e. The lowest BCUT2D eigenvalue weighted by Crippen LogP contribution is -2.49. The Balaban J connectivity index is 1.23. The summed E-state index contributed by atoms with van der Waals surface area (Å²) in [4.78, 5) is 28.9. The Labute approximate surface area is 196 Å². The van der Waals surface area contributed by atoms with Crippen molar-refractivity contribution >= 4 is 11.9 Å². The lowest BCUT2D eigenvalue weighted by atomic mass is 9.97. The van der Waals surface area contributed by atoms with Crippen LogP contribution < -0.4 is 10.2 Å². The van der Waals surface area contributed by atoms with Crippen LogP contribution in [-0.4, -0.2) is 84.6 Å². The van der Waals surface area contributed by atoms with E-state index in [1.165, 1.54) is 25.1 Å². The van der Waals surface area contributed by atoms with Crippen LogP contribution in [0.25, 0.3) is 11.1 Å². The molecule has 7 nitrogen and oxygen atoms in total. The van der Waals surface area contributed by atoms with Gasteiger partial charge in [-0.05, 0) is 43.5 Å². The average Bonchev–Trinajstić information content (AvgIpc) is 2.86. The second kappa shape index (κ2) is 11.5. The van der Waals surface area contributed by atoms with Crippen LogP contribution >= 0.6 is 0 Å². The van der Waals surface area contributed by atoms with Crippen molar-refractivity contribution in [1.82, 2.24) is 25.1 Å². The summed E-state index contributed by atoms with van der Waals surface area (Å²) in [7, 11) is 0. The van der Waals surface area contributed by atoms with Crippen LogP contribution in [0.2, 0.25) is 0 Å². The first-order valence-electron chi connectivity index (χ1n) is 12.2. The van der Waals surface area contributed by atoms with Crippen LogP contribution in [0, 0.1) is 11.7 Å². The van der Waals surface area contributed by atoms with E-state index in [0.29, 0.717) is 19.0 Å². The number of piperazine rings is 1. The number of nitrogens with one attached hydrogen (secondary N) is 1. The van der Waals surface area contributed by atoms with Gasteiger partial charge in [-0.2, -0.15) is 0 Å². The van der Waals surface area contributed by atoms with Gasteiger partial charge in [-0.3, -0.25) is 9.69 Å². The molecule has 1 unspecified atom stereocenters. The molecule has 8 heteroatoms. The number of carbonyl (C=O) groups is 1. The second-order valence-electron chi connectivity index (χ2n) is 9.04. The predicted molar refractivity (Wildman–Crippen MR) is 129 cm³/mol. The molecule has 1 aromatic carbocycles. The fourth-order valence-corrected chi connectivity index (χ4v) is 4.68. The van der Waals surface area contributed by atoms with Gasteiger partial charge in [0.05, 0.1) is 5.92 Å². The minimum atomic E-state index is -0.261. The number of benzene rings is 1. The molecule has 1 N–H and O–H groups in total. The lowest BCUT2D eigenvalue weighted by Gasteiger charge is -2.35. The van der Waals surface area contributed by atoms with Crippen LogP contribution in [-0.2, 0) is 4.79 Å². The molecular weight excluding hydrogens is 419 g/mol. The molecule has 0 saturated carbocycles. The maximum absolute atomic E-state index is 13.1. The van der Waals surface area contributed by atoms with Gasteiger partial charge in [0.2, 0.25) is 11.9 Å². The van der Waals surface area contributed by atoms with Gasteiger partial charge in [0.25, 0.3) is 0 Å². The molecule has 4 rings (SSSR count). The number of rotatable bonds is 8. The SMILES string of the molecule is CCCN1CCN(CCNC(=O)C2CCCN(c3ncc(-c4ccc(F)cc4)cn3)C2)CC1. The molecule has 3 heterocycles. The van der Waals surface area contributed by atoms with Crippen molar-refractivity contribution in [3.05, 3.63) is 42.5 Å². The highest BCUT2D eigenvalue weighted by molar-refractivity contribution is 5.79. The van der Waals surface area contributed by atoms with Crippen molar-refractivity contribution in [3.8, 4) is 11.1 Å². The molecule has 2 aliphatic rings. The first-order chi connectivity index (χ1) is 16.1. The second-order valence-corrected chi connectivity index (χ2v) is 9.04. The molecule has 178 valence electrons. The summed E-state index contributed by atoms with van der Waals surface area (Å²) < 4.78 is 13.1. The van der Waals surface area contributed by atoms with Gasteiger partial charge in [-0.15, -0.1) is 0 Å². The van der Waals surface area contributed by atoms with E-state index in [1.807, 2.05) is 0 Å². The van der Waals surface area contributed by atoms with Gasteiger partial charge < -0.3 is 15.1 Å². The topological polar surface area (TPSA) is 64.6 Å². The van der Waals surface area contributed by atoms with E-state index in [1.54, 1.807) is 24.5 Å². The number of nitrogens with zero attached hydrogens (tertiary/aromatic N) is 5. The highest BCUT2D eigenvalue weighted by atomic mass is 19.1. The number of halogens is 1. The zero-order valence-corrected chi connectivity index (χ0v) is 19.5. The van der Waals surface area contributed by atoms with Gasteiger partial charge in [-0.25, -0.2) is 14.4 Å². The lowest BCUT2D eigenvalue weighted by molar-refractivity contribution is -0.125. The number of hydrogen-bond acceptors (Lipinski definition) is 6. The molecule has 0 radical (unpaired) electrons. The van der Waals surface area contributed by atoms with Gasteiger partial charge in [-0.1, -0.05) is 19.1 Å². The molecule has 1 aromatic heterocycles. The third-order valence-electron chi connectivity index (χ3n) is 6.62. The summed E-state index contributed by atoms with van der Waals surface area (Å²) >= 11 is 0. The molecule has 0 bridgehead atoms. The Kier molecular flexibility index (Phi) is 8.23. The van der Waals surface area contributed by atoms with Crippen LogP contribution in [0.1, 0.15) is 26.2 Å². The van der Waals surface area contributed by atoms with Gasteiger partial charge >= 0.3 is 0 Å². The maximum Gasteiger partial charge on any atom is 0.225 e. The van der Waals surface area contributed by atoms with E-state index in [-0.39, 0.29) is 17.6 Å². The van der Waals surface area contributed by atoms with Gasteiger partial charge in [0, 0.05) is 70.3 Å². The summed E-state index contributed by atoms with van der Waals surface area (Å²) in [5.74, 6) is 0.472. The predicted octanol–water partition coefficient (Wildman–Crippen LogP) is 2.64. The summed E-state index contributed by atoms with van der Waals surface area (Å²) in [6, 6.07) is 6.31. The summed E-state index contributed by atoms with van der Waals surface area (Å²) in [5.41, 5.74) is 1.73. The summed E-state index contributed by atoms with van der Waals surface area (Å²) in [6.07, 6.45) is 6.57. The monoisotopic (exact) mass is 454 g/mol.